The van der Waals surface area contributed by atoms with Gasteiger partial charge >= 0.3 is 0 Å². The molecule has 2 aromatic carbocycles. The first-order valence-electron chi connectivity index (χ1n) is 16.0. The van der Waals surface area contributed by atoms with Crippen LogP contribution in [0.3, 0.4) is 0 Å². The van der Waals surface area contributed by atoms with Crippen LogP contribution >= 0.6 is 0 Å². The number of aromatic nitrogens is 10. The summed E-state index contributed by atoms with van der Waals surface area (Å²) in [6.45, 7) is 8.11. The van der Waals surface area contributed by atoms with Gasteiger partial charge in [0.05, 0.1) is 27.6 Å². The molecule has 0 aliphatic rings. The van der Waals surface area contributed by atoms with Crippen molar-refractivity contribution in [2.45, 2.75) is 46.2 Å². The van der Waals surface area contributed by atoms with Gasteiger partial charge in [0.15, 0.2) is 34.1 Å². The van der Waals surface area contributed by atoms with Gasteiger partial charge < -0.3 is 31.1 Å². The lowest BCUT2D eigenvalue weighted by atomic mass is 10.1. The summed E-state index contributed by atoms with van der Waals surface area (Å²) in [5.74, 6) is 1.41. The van der Waals surface area contributed by atoms with Gasteiger partial charge in [-0.2, -0.15) is 10.2 Å². The summed E-state index contributed by atoms with van der Waals surface area (Å²) < 4.78 is 14.9. The minimum Gasteiger partial charge on any atom is -0.383 e. The predicted molar refractivity (Wildman–Crippen MR) is 188 cm³/mol. The van der Waals surface area contributed by atoms with Gasteiger partial charge in [0.1, 0.15) is 35.7 Å². The van der Waals surface area contributed by atoms with Crippen molar-refractivity contribution in [3.63, 3.8) is 0 Å². The lowest BCUT2D eigenvalue weighted by Crippen LogP contribution is -2.13. The Morgan fingerprint density at radius 1 is 0.780 bits per heavy atom. The van der Waals surface area contributed by atoms with Crippen LogP contribution in [0.15, 0.2) is 58.1 Å². The fourth-order valence-corrected chi connectivity index (χ4v) is 6.14. The first kappa shape index (κ1) is 30.7. The van der Waals surface area contributed by atoms with Crippen LogP contribution in [0.25, 0.3) is 66.5 Å². The Morgan fingerprint density at radius 2 is 1.32 bits per heavy atom. The highest BCUT2D eigenvalue weighted by molar-refractivity contribution is 6.03. The number of hydrogen-bond acceptors (Lipinski definition) is 14. The molecule has 0 spiro atoms. The van der Waals surface area contributed by atoms with E-state index < -0.39 is 0 Å². The molecule has 8 aromatic rings. The van der Waals surface area contributed by atoms with Crippen LogP contribution in [-0.2, 0) is 4.79 Å². The van der Waals surface area contributed by atoms with Crippen molar-refractivity contribution in [1.29, 1.82) is 0 Å². The summed E-state index contributed by atoms with van der Waals surface area (Å²) in [5.41, 5.74) is 17.8. The van der Waals surface area contributed by atoms with Gasteiger partial charge in [-0.1, -0.05) is 22.4 Å². The SMILES string of the molecule is CC(=O)Nc1noc2cc(-c3nn(C(C)CCNc4noc5cc(-c6nn(C(C)C)c7ncnc(N)c67)ccc45)c4ncnc(N)c34)ccc12. The Labute approximate surface area is 283 Å². The van der Waals surface area contributed by atoms with Gasteiger partial charge in [0.25, 0.3) is 0 Å². The van der Waals surface area contributed by atoms with Crippen molar-refractivity contribution in [2.75, 3.05) is 28.6 Å². The molecule has 0 aliphatic heterocycles. The maximum Gasteiger partial charge on any atom is 0.222 e. The van der Waals surface area contributed by atoms with Crippen LogP contribution in [0.2, 0.25) is 0 Å². The maximum atomic E-state index is 11.6. The van der Waals surface area contributed by atoms with E-state index in [0.717, 1.165) is 16.5 Å². The van der Waals surface area contributed by atoms with E-state index in [0.29, 0.717) is 86.2 Å². The van der Waals surface area contributed by atoms with Crippen LogP contribution in [0, 0.1) is 0 Å². The molecule has 6 heterocycles. The highest BCUT2D eigenvalue weighted by Gasteiger charge is 2.23. The van der Waals surface area contributed by atoms with Gasteiger partial charge in [-0.15, -0.1) is 0 Å². The van der Waals surface area contributed by atoms with E-state index >= 15 is 0 Å². The fourth-order valence-electron chi connectivity index (χ4n) is 6.14. The van der Waals surface area contributed by atoms with E-state index in [1.807, 2.05) is 53.5 Å². The monoisotopic (exact) mass is 672 g/mol. The molecule has 1 atom stereocenters. The molecule has 8 rings (SSSR count). The average Bonchev–Trinajstić information content (AvgIpc) is 3.88. The van der Waals surface area contributed by atoms with Crippen LogP contribution in [0.4, 0.5) is 23.3 Å². The third-order valence-electron chi connectivity index (χ3n) is 8.58. The Hall–Kier alpha value is -6.65. The van der Waals surface area contributed by atoms with Crippen LogP contribution in [0.1, 0.15) is 46.2 Å². The molecule has 0 saturated heterocycles. The van der Waals surface area contributed by atoms with Crippen LogP contribution < -0.4 is 22.1 Å². The van der Waals surface area contributed by atoms with E-state index in [9.17, 15) is 4.79 Å². The normalized spacial score (nSPS) is 12.5. The Morgan fingerprint density at radius 3 is 1.90 bits per heavy atom. The predicted octanol–water partition coefficient (Wildman–Crippen LogP) is 5.35. The molecular formula is C33H32N14O3. The number of nitrogens with zero attached hydrogens (tertiary/aromatic N) is 10. The molecule has 17 heteroatoms. The number of nitrogens with two attached hydrogens (primary N) is 2. The topological polar surface area (TPSA) is 232 Å². The smallest absolute Gasteiger partial charge is 0.222 e. The molecule has 1 amide bonds. The molecule has 252 valence electrons. The van der Waals surface area contributed by atoms with E-state index in [4.69, 9.17) is 30.7 Å². The van der Waals surface area contributed by atoms with E-state index in [2.05, 4.69) is 47.8 Å². The maximum absolute atomic E-state index is 11.6. The van der Waals surface area contributed by atoms with Crippen molar-refractivity contribution in [1.82, 2.24) is 49.8 Å². The first-order chi connectivity index (χ1) is 24.2. The van der Waals surface area contributed by atoms with Crippen molar-refractivity contribution in [3.05, 3.63) is 49.1 Å². The largest absolute Gasteiger partial charge is 0.383 e. The second-order valence-corrected chi connectivity index (χ2v) is 12.3. The molecule has 6 N–H and O–H groups in total. The summed E-state index contributed by atoms with van der Waals surface area (Å²) in [7, 11) is 0. The molecule has 6 aromatic heterocycles. The zero-order valence-corrected chi connectivity index (χ0v) is 27.5. The lowest BCUT2D eigenvalue weighted by Gasteiger charge is -2.13. The van der Waals surface area contributed by atoms with Crippen molar-refractivity contribution < 1.29 is 13.8 Å². The van der Waals surface area contributed by atoms with Gasteiger partial charge in [0, 0.05) is 30.6 Å². The number of benzene rings is 2. The zero-order chi connectivity index (χ0) is 34.7. The van der Waals surface area contributed by atoms with Crippen LogP contribution in [-0.4, -0.2) is 62.3 Å². The molecule has 50 heavy (non-hydrogen) atoms. The van der Waals surface area contributed by atoms with E-state index in [1.54, 1.807) is 6.07 Å². The molecular weight excluding hydrogens is 640 g/mol. The van der Waals surface area contributed by atoms with E-state index in [-0.39, 0.29) is 18.0 Å². The summed E-state index contributed by atoms with van der Waals surface area (Å²) >= 11 is 0. The summed E-state index contributed by atoms with van der Waals surface area (Å²) in [5, 5.41) is 26.9. The third-order valence-corrected chi connectivity index (χ3v) is 8.58. The highest BCUT2D eigenvalue weighted by atomic mass is 16.5. The van der Waals surface area contributed by atoms with Gasteiger partial charge in [-0.3, -0.25) is 4.79 Å². The minimum absolute atomic E-state index is 0.0817. The molecule has 0 fully saturated rings. The first-order valence-corrected chi connectivity index (χ1v) is 16.0. The number of nitrogens with one attached hydrogen (secondary N) is 2. The number of hydrogen-bond donors (Lipinski definition) is 4. The number of amides is 1. The molecule has 0 saturated carbocycles. The molecule has 1 unspecified atom stereocenters. The zero-order valence-electron chi connectivity index (χ0n) is 27.5. The van der Waals surface area contributed by atoms with E-state index in [1.165, 1.54) is 19.6 Å². The second-order valence-electron chi connectivity index (χ2n) is 12.3. The third kappa shape index (κ3) is 5.06. The number of rotatable bonds is 9. The highest BCUT2D eigenvalue weighted by Crippen LogP contribution is 2.36. The van der Waals surface area contributed by atoms with Crippen molar-refractivity contribution >= 4 is 73.2 Å². The molecule has 0 bridgehead atoms. The Balaban J connectivity index is 1.03. The molecule has 0 radical (unpaired) electrons. The standard InChI is InChI=1S/C33H32N14O3/c1-15(2)46-32-24(28(34)37-13-39-32)26(42-46)18-5-7-20-22(11-18)49-44-30(20)36-10-9-16(3)47-33-25(29(35)38-14-40-33)27(43-47)19-6-8-21-23(12-19)50-45-31(21)41-17(4)48/h5-8,11-16H,9-10H2,1-4H3,(H,36,44)(H2,34,37,39)(H2,35,38,40)(H,41,45,48). The number of anilines is 4. The summed E-state index contributed by atoms with van der Waals surface area (Å²) in [6.07, 6.45) is 3.55. The van der Waals surface area contributed by atoms with Gasteiger partial charge in [0.2, 0.25) is 5.91 Å². The molecule has 17 nitrogen and oxygen atoms in total. The van der Waals surface area contributed by atoms with Crippen molar-refractivity contribution in [2.24, 2.45) is 0 Å². The summed E-state index contributed by atoms with van der Waals surface area (Å²) in [6, 6.07) is 11.3. The number of carbonyl (C=O) groups excluding carboxylic acids is 1. The van der Waals surface area contributed by atoms with Gasteiger partial charge in [-0.05, 0) is 51.5 Å². The quantitative estimate of drug-likeness (QED) is 0.151. The van der Waals surface area contributed by atoms with Gasteiger partial charge in [-0.25, -0.2) is 29.3 Å². The Bertz CT molecular complexity index is 2580. The number of carbonyl (C=O) groups is 1. The number of nitrogen functional groups attached to an aromatic ring is 2. The Kier molecular flexibility index (Phi) is 7.24. The lowest BCUT2D eigenvalue weighted by molar-refractivity contribution is -0.114. The summed E-state index contributed by atoms with van der Waals surface area (Å²) in [4.78, 5) is 28.9. The minimum atomic E-state index is -0.241. The molecule has 0 aliphatic carbocycles. The second kappa shape index (κ2) is 11.8. The fraction of sp³-hybridized carbons (Fsp3) is 0.242. The number of fused-ring (bicyclic) bond motifs is 4. The average molecular weight is 673 g/mol. The van der Waals surface area contributed by atoms with Crippen molar-refractivity contribution in [3.8, 4) is 22.5 Å². The van der Waals surface area contributed by atoms with Crippen LogP contribution in [0.5, 0.6) is 0 Å².